The number of non-ortho nitro benzene ring substituents is 1. The number of nitrogens with zero attached hydrogens (tertiary/aromatic N) is 2. The van der Waals surface area contributed by atoms with Gasteiger partial charge in [0, 0.05) is 26.4 Å². The molecule has 0 radical (unpaired) electrons. The second kappa shape index (κ2) is 7.10. The number of ether oxygens (including phenoxy) is 2. The number of amides is 3. The molecule has 2 N–H and O–H groups in total. The molecule has 2 heterocycles. The number of carbonyl (C=O) groups excluding carboxylic acids is 2. The molecule has 0 saturated heterocycles. The summed E-state index contributed by atoms with van der Waals surface area (Å²) in [5, 5.41) is 16.2. The summed E-state index contributed by atoms with van der Waals surface area (Å²) >= 11 is 0. The molecule has 1 atom stereocenters. The van der Waals surface area contributed by atoms with E-state index in [1.54, 1.807) is 0 Å². The molecule has 0 aromatic heterocycles. The monoisotopic (exact) mass is 362 g/mol. The van der Waals surface area contributed by atoms with Crippen LogP contribution in [0.1, 0.15) is 11.6 Å². The van der Waals surface area contributed by atoms with E-state index in [1.807, 2.05) is 0 Å². The topological polar surface area (TPSA) is 123 Å². The average Bonchev–Trinajstić information content (AvgIpc) is 2.94. The number of benzene rings is 1. The minimum Gasteiger partial charge on any atom is -0.354 e. The van der Waals surface area contributed by atoms with Gasteiger partial charge in [0.05, 0.1) is 35.3 Å². The first-order valence-electron chi connectivity index (χ1n) is 7.84. The summed E-state index contributed by atoms with van der Waals surface area (Å²) in [5.41, 5.74) is 1.44. The van der Waals surface area contributed by atoms with E-state index < -0.39 is 23.3 Å². The molecule has 138 valence electrons. The Morgan fingerprint density at radius 2 is 1.92 bits per heavy atom. The highest BCUT2D eigenvalue weighted by Gasteiger charge is 2.41. The molecule has 0 saturated carbocycles. The molecule has 1 aromatic carbocycles. The second-order valence-electron chi connectivity index (χ2n) is 5.86. The van der Waals surface area contributed by atoms with E-state index >= 15 is 0 Å². The zero-order valence-electron chi connectivity index (χ0n) is 14.2. The van der Waals surface area contributed by atoms with Crippen molar-refractivity contribution in [3.63, 3.8) is 0 Å². The highest BCUT2D eigenvalue weighted by molar-refractivity contribution is 6.01. The fourth-order valence-electron chi connectivity index (χ4n) is 3.04. The highest BCUT2D eigenvalue weighted by Crippen LogP contribution is 2.33. The third kappa shape index (κ3) is 3.24. The van der Waals surface area contributed by atoms with Crippen molar-refractivity contribution < 1.29 is 24.0 Å². The molecule has 10 heteroatoms. The van der Waals surface area contributed by atoms with Crippen LogP contribution in [0.2, 0.25) is 0 Å². The van der Waals surface area contributed by atoms with Crippen LogP contribution in [0.3, 0.4) is 0 Å². The van der Waals surface area contributed by atoms with Gasteiger partial charge in [0.25, 0.3) is 11.6 Å². The molecule has 3 rings (SSSR count). The Hall–Kier alpha value is -2.98. The third-order valence-electron chi connectivity index (χ3n) is 4.35. The van der Waals surface area contributed by atoms with Crippen molar-refractivity contribution in [2.45, 2.75) is 12.3 Å². The van der Waals surface area contributed by atoms with E-state index in [0.29, 0.717) is 16.8 Å². The molecule has 0 bridgehead atoms. The normalized spacial score (nSPS) is 19.5. The number of rotatable bonds is 6. The molecule has 3 amide bonds. The van der Waals surface area contributed by atoms with Crippen LogP contribution in [0.5, 0.6) is 0 Å². The lowest BCUT2D eigenvalue weighted by atomic mass is 9.96. The van der Waals surface area contributed by atoms with Crippen LogP contribution < -0.4 is 10.6 Å². The first-order valence-corrected chi connectivity index (χ1v) is 7.84. The first kappa shape index (κ1) is 17.8. The molecule has 1 unspecified atom stereocenters. The average molecular weight is 362 g/mol. The Kier molecular flexibility index (Phi) is 4.87. The maximum absolute atomic E-state index is 12.8. The van der Waals surface area contributed by atoms with Crippen molar-refractivity contribution in [3.05, 3.63) is 51.2 Å². The van der Waals surface area contributed by atoms with Gasteiger partial charge in [-0.3, -0.25) is 14.9 Å². The molecule has 2 aliphatic rings. The van der Waals surface area contributed by atoms with Crippen LogP contribution in [0.25, 0.3) is 0 Å². The van der Waals surface area contributed by atoms with Crippen LogP contribution in [-0.4, -0.2) is 55.4 Å². The molecule has 1 aromatic rings. The van der Waals surface area contributed by atoms with Gasteiger partial charge in [-0.15, -0.1) is 0 Å². The van der Waals surface area contributed by atoms with E-state index in [-0.39, 0.29) is 24.7 Å². The standard InChI is InChI=1S/C16H18N4O6/c1-25-12(26-2)8-19-7-11-13(15(19)21)14(18-16(22)17-11)9-3-5-10(6-4-9)20(23)24/h3-6,12,14H,7-8H2,1-2H3,(H2,17,18,22). The number of methoxy groups -OCH3 is 2. The Morgan fingerprint density at radius 3 is 2.50 bits per heavy atom. The van der Waals surface area contributed by atoms with Gasteiger partial charge in [0.2, 0.25) is 0 Å². The van der Waals surface area contributed by atoms with Gasteiger partial charge in [0.1, 0.15) is 0 Å². The number of nitro benzene ring substituents is 1. The predicted octanol–water partition coefficient (Wildman–Crippen LogP) is 0.664. The van der Waals surface area contributed by atoms with Crippen molar-refractivity contribution in [1.29, 1.82) is 0 Å². The summed E-state index contributed by atoms with van der Waals surface area (Å²) < 4.78 is 10.3. The highest BCUT2D eigenvalue weighted by atomic mass is 16.7. The maximum Gasteiger partial charge on any atom is 0.319 e. The van der Waals surface area contributed by atoms with Crippen molar-refractivity contribution >= 4 is 17.6 Å². The second-order valence-corrected chi connectivity index (χ2v) is 5.86. The number of nitro groups is 1. The SMILES string of the molecule is COC(CN1CC2=C(C1=O)C(c1ccc([N+](=O)[O-])cc1)NC(=O)N2)OC. The van der Waals surface area contributed by atoms with E-state index in [2.05, 4.69) is 10.6 Å². The van der Waals surface area contributed by atoms with Gasteiger partial charge in [-0.25, -0.2) is 4.79 Å². The van der Waals surface area contributed by atoms with Crippen LogP contribution in [0.15, 0.2) is 35.5 Å². The van der Waals surface area contributed by atoms with Gasteiger partial charge < -0.3 is 25.0 Å². The smallest absolute Gasteiger partial charge is 0.319 e. The lowest BCUT2D eigenvalue weighted by Gasteiger charge is -2.25. The van der Waals surface area contributed by atoms with E-state index in [4.69, 9.17) is 9.47 Å². The largest absolute Gasteiger partial charge is 0.354 e. The number of carbonyl (C=O) groups is 2. The van der Waals surface area contributed by atoms with Crippen LogP contribution in [0.4, 0.5) is 10.5 Å². The van der Waals surface area contributed by atoms with Crippen molar-refractivity contribution in [2.24, 2.45) is 0 Å². The van der Waals surface area contributed by atoms with E-state index in [0.717, 1.165) is 0 Å². The Morgan fingerprint density at radius 1 is 1.27 bits per heavy atom. The predicted molar refractivity (Wildman–Crippen MR) is 88.9 cm³/mol. The van der Waals surface area contributed by atoms with Gasteiger partial charge in [-0.1, -0.05) is 0 Å². The lowest BCUT2D eigenvalue weighted by Crippen LogP contribution is -2.44. The third-order valence-corrected chi connectivity index (χ3v) is 4.35. The zero-order chi connectivity index (χ0) is 18.8. The molecule has 26 heavy (non-hydrogen) atoms. The maximum atomic E-state index is 12.8. The molecule has 10 nitrogen and oxygen atoms in total. The summed E-state index contributed by atoms with van der Waals surface area (Å²) in [5.74, 6) is -0.255. The zero-order valence-corrected chi connectivity index (χ0v) is 14.2. The summed E-state index contributed by atoms with van der Waals surface area (Å²) in [7, 11) is 2.95. The van der Waals surface area contributed by atoms with Crippen molar-refractivity contribution in [2.75, 3.05) is 27.3 Å². The molecule has 0 fully saturated rings. The lowest BCUT2D eigenvalue weighted by molar-refractivity contribution is -0.384. The fraction of sp³-hybridized carbons (Fsp3) is 0.375. The van der Waals surface area contributed by atoms with Crippen LogP contribution in [0, 0.1) is 10.1 Å². The summed E-state index contributed by atoms with van der Waals surface area (Å²) in [4.78, 5) is 36.6. The summed E-state index contributed by atoms with van der Waals surface area (Å²) in [6, 6.07) is 4.63. The minimum absolute atomic E-state index is 0.0642. The van der Waals surface area contributed by atoms with Gasteiger partial charge >= 0.3 is 6.03 Å². The number of nitrogens with one attached hydrogen (secondary N) is 2. The molecule has 0 spiro atoms. The minimum atomic E-state index is -0.680. The fourth-order valence-corrected chi connectivity index (χ4v) is 3.04. The van der Waals surface area contributed by atoms with Gasteiger partial charge in [0.15, 0.2) is 6.29 Å². The Balaban J connectivity index is 1.87. The van der Waals surface area contributed by atoms with Crippen molar-refractivity contribution in [3.8, 4) is 0 Å². The van der Waals surface area contributed by atoms with Crippen LogP contribution >= 0.6 is 0 Å². The number of hydrogen-bond acceptors (Lipinski definition) is 6. The Labute approximate surface area is 148 Å². The number of urea groups is 1. The van der Waals surface area contributed by atoms with E-state index in [9.17, 15) is 19.7 Å². The summed E-state index contributed by atoms with van der Waals surface area (Å²) in [6.45, 7) is 0.440. The van der Waals surface area contributed by atoms with E-state index in [1.165, 1.54) is 43.4 Å². The van der Waals surface area contributed by atoms with Gasteiger partial charge in [-0.2, -0.15) is 0 Å². The first-order chi connectivity index (χ1) is 12.4. The summed E-state index contributed by atoms with van der Waals surface area (Å²) in [6.07, 6.45) is -0.582. The molecular weight excluding hydrogens is 344 g/mol. The Bertz CT molecular complexity index is 771. The quantitative estimate of drug-likeness (QED) is 0.435. The van der Waals surface area contributed by atoms with Crippen molar-refractivity contribution in [1.82, 2.24) is 15.5 Å². The molecule has 0 aliphatic carbocycles. The van der Waals surface area contributed by atoms with Crippen LogP contribution in [-0.2, 0) is 14.3 Å². The van der Waals surface area contributed by atoms with Gasteiger partial charge in [-0.05, 0) is 17.7 Å². The number of hydrogen-bond donors (Lipinski definition) is 2. The molecule has 2 aliphatic heterocycles. The molecular formula is C16H18N4O6.